The zero-order chi connectivity index (χ0) is 29.2. The Morgan fingerprint density at radius 2 is 2.05 bits per heavy atom. The van der Waals surface area contributed by atoms with Crippen molar-refractivity contribution in [3.8, 4) is 0 Å². The number of nitrogen functional groups attached to an aromatic ring is 1. The third kappa shape index (κ3) is 7.36. The zero-order valence-electron chi connectivity index (χ0n) is 19.8. The Labute approximate surface area is 222 Å². The SMILES string of the molecule is C[C@@]1(O)[C@H](O)[C@H](COP2(=O)OCC=C(c3cccc(Cl)c3)O2)O[C@H]1n1ccc(N)nc1=O.O=C(O)C(F)(F)F. The number of carbonyl (C=O) groups is 1. The molecular formula is C21H22ClF3N3O10P. The molecule has 214 valence electrons. The minimum Gasteiger partial charge on any atom is -0.475 e. The van der Waals surface area contributed by atoms with Crippen molar-refractivity contribution in [2.45, 2.75) is 37.1 Å². The number of nitrogens with zero attached hydrogens (tertiary/aromatic N) is 2. The van der Waals surface area contributed by atoms with Gasteiger partial charge in [0.2, 0.25) is 0 Å². The average Bonchev–Trinajstić information content (AvgIpc) is 3.06. The van der Waals surface area contributed by atoms with Crippen molar-refractivity contribution >= 4 is 37.0 Å². The molecular weight excluding hydrogens is 578 g/mol. The van der Waals surface area contributed by atoms with E-state index in [0.29, 0.717) is 10.6 Å². The molecule has 0 aliphatic carbocycles. The number of alkyl halides is 3. The first-order chi connectivity index (χ1) is 18.0. The lowest BCUT2D eigenvalue weighted by Gasteiger charge is -2.27. The van der Waals surface area contributed by atoms with Gasteiger partial charge in [-0.25, -0.2) is 14.2 Å². The van der Waals surface area contributed by atoms with E-state index in [-0.39, 0.29) is 18.2 Å². The van der Waals surface area contributed by atoms with Crippen molar-refractivity contribution in [2.24, 2.45) is 0 Å². The van der Waals surface area contributed by atoms with Crippen LogP contribution in [0.2, 0.25) is 5.02 Å². The van der Waals surface area contributed by atoms with Crippen LogP contribution in [-0.4, -0.2) is 68.0 Å². The van der Waals surface area contributed by atoms with Crippen LogP contribution in [0.4, 0.5) is 19.0 Å². The number of aliphatic carboxylic acids is 1. The second-order valence-electron chi connectivity index (χ2n) is 8.25. The summed E-state index contributed by atoms with van der Waals surface area (Å²) in [4.78, 5) is 24.6. The molecule has 0 amide bonds. The van der Waals surface area contributed by atoms with E-state index in [9.17, 15) is 32.7 Å². The molecule has 5 atom stereocenters. The van der Waals surface area contributed by atoms with Crippen LogP contribution in [0.15, 0.2) is 47.4 Å². The Bertz CT molecular complexity index is 1350. The van der Waals surface area contributed by atoms with Crippen molar-refractivity contribution in [3.05, 3.63) is 63.7 Å². The molecule has 5 N–H and O–H groups in total. The molecule has 1 saturated heterocycles. The number of rotatable bonds is 5. The summed E-state index contributed by atoms with van der Waals surface area (Å²) in [5, 5.41) is 28.9. The fourth-order valence-electron chi connectivity index (χ4n) is 3.41. The summed E-state index contributed by atoms with van der Waals surface area (Å²) in [5.41, 5.74) is 3.41. The van der Waals surface area contributed by atoms with Crippen LogP contribution >= 0.6 is 19.4 Å². The highest BCUT2D eigenvalue weighted by Gasteiger charge is 2.54. The third-order valence-corrected chi connectivity index (χ3v) is 6.90. The summed E-state index contributed by atoms with van der Waals surface area (Å²) in [6.45, 7) is 0.798. The molecule has 4 rings (SSSR count). The number of benzene rings is 1. The second-order valence-corrected chi connectivity index (χ2v) is 10.3. The van der Waals surface area contributed by atoms with E-state index in [1.54, 1.807) is 30.3 Å². The normalized spacial score (nSPS) is 28.6. The van der Waals surface area contributed by atoms with Crippen LogP contribution in [0, 0.1) is 0 Å². The van der Waals surface area contributed by atoms with Gasteiger partial charge in [0.15, 0.2) is 6.23 Å². The minimum absolute atomic E-state index is 0.00224. The Kier molecular flexibility index (Phi) is 9.12. The third-order valence-electron chi connectivity index (χ3n) is 5.32. The van der Waals surface area contributed by atoms with Gasteiger partial charge in [-0.15, -0.1) is 0 Å². The fraction of sp³-hybridized carbons (Fsp3) is 0.381. The van der Waals surface area contributed by atoms with Crippen LogP contribution in [0.1, 0.15) is 18.7 Å². The number of halogens is 4. The summed E-state index contributed by atoms with van der Waals surface area (Å²) in [5.74, 6) is -2.50. The van der Waals surface area contributed by atoms with Crippen molar-refractivity contribution < 1.29 is 56.2 Å². The molecule has 0 bridgehead atoms. The largest absolute Gasteiger partial charge is 0.530 e. The van der Waals surface area contributed by atoms with Crippen LogP contribution in [-0.2, 0) is 27.7 Å². The number of anilines is 1. The van der Waals surface area contributed by atoms with Gasteiger partial charge in [-0.1, -0.05) is 23.7 Å². The number of carboxylic acid groups (broad SMARTS) is 1. The molecule has 1 aromatic carbocycles. The molecule has 0 saturated carbocycles. The molecule has 0 radical (unpaired) electrons. The molecule has 1 aromatic heterocycles. The first kappa shape index (κ1) is 30.6. The first-order valence-corrected chi connectivity index (χ1v) is 12.6. The fourth-order valence-corrected chi connectivity index (χ4v) is 4.79. The van der Waals surface area contributed by atoms with Crippen LogP contribution in [0.25, 0.3) is 5.76 Å². The van der Waals surface area contributed by atoms with E-state index < -0.39 is 56.3 Å². The topological polar surface area (TPSA) is 193 Å². The van der Waals surface area contributed by atoms with Gasteiger partial charge in [0.1, 0.15) is 29.4 Å². The molecule has 18 heteroatoms. The maximum absolute atomic E-state index is 13.0. The summed E-state index contributed by atoms with van der Waals surface area (Å²) >= 11 is 5.99. The highest BCUT2D eigenvalue weighted by Crippen LogP contribution is 2.55. The monoisotopic (exact) mass is 599 g/mol. The Balaban J connectivity index is 0.000000532. The maximum Gasteiger partial charge on any atom is 0.530 e. The van der Waals surface area contributed by atoms with E-state index in [1.165, 1.54) is 19.2 Å². The summed E-state index contributed by atoms with van der Waals surface area (Å²) in [6.07, 6.45) is -6.15. The number of nitrogens with two attached hydrogens (primary N) is 1. The maximum atomic E-state index is 13.0. The van der Waals surface area contributed by atoms with Gasteiger partial charge >= 0.3 is 25.7 Å². The number of aliphatic hydroxyl groups is 2. The first-order valence-electron chi connectivity index (χ1n) is 10.8. The Hall–Kier alpha value is -2.98. The number of aromatic nitrogens is 2. The van der Waals surface area contributed by atoms with Crippen LogP contribution in [0.5, 0.6) is 0 Å². The van der Waals surface area contributed by atoms with Gasteiger partial charge in [0.05, 0.1) is 13.2 Å². The van der Waals surface area contributed by atoms with E-state index in [2.05, 4.69) is 4.98 Å². The number of carboxylic acids is 1. The van der Waals surface area contributed by atoms with Gasteiger partial charge < -0.3 is 30.3 Å². The number of hydrogen-bond donors (Lipinski definition) is 4. The average molecular weight is 600 g/mol. The van der Waals surface area contributed by atoms with Crippen molar-refractivity contribution in [1.82, 2.24) is 9.55 Å². The van der Waals surface area contributed by atoms with Gasteiger partial charge in [-0.3, -0.25) is 13.6 Å². The standard InChI is InChI=1S/C19H21ClN3O8P.C2HF3O2/c1-19(26)16(24)14(30-17(19)23-7-5-15(21)22-18(23)25)10-29-32(27)28-8-6-13(31-32)11-3-2-4-12(20)9-11;3-2(4,5)1(6)7/h2-7,9,14,16-17,24,26H,8,10H2,1H3,(H2,21,22,25);(H,6,7)/t14-,16+,17+,19+,32?;/m0./s1. The molecule has 2 aromatic rings. The zero-order valence-corrected chi connectivity index (χ0v) is 21.5. The molecule has 1 unspecified atom stereocenters. The van der Waals surface area contributed by atoms with Crippen molar-refractivity contribution in [2.75, 3.05) is 18.9 Å². The second kappa shape index (κ2) is 11.6. The molecule has 2 aliphatic heterocycles. The van der Waals surface area contributed by atoms with E-state index >= 15 is 0 Å². The minimum atomic E-state index is -5.08. The molecule has 39 heavy (non-hydrogen) atoms. The number of hydrogen-bond acceptors (Lipinski definition) is 11. The van der Waals surface area contributed by atoms with Crippen LogP contribution < -0.4 is 11.4 Å². The van der Waals surface area contributed by atoms with Crippen molar-refractivity contribution in [3.63, 3.8) is 0 Å². The van der Waals surface area contributed by atoms with E-state index in [1.807, 2.05) is 0 Å². The smallest absolute Gasteiger partial charge is 0.475 e. The predicted octanol–water partition coefficient (Wildman–Crippen LogP) is 2.33. The quantitative estimate of drug-likeness (QED) is 0.367. The number of ether oxygens (including phenoxy) is 1. The highest BCUT2D eigenvalue weighted by atomic mass is 35.5. The number of aliphatic hydroxyl groups excluding tert-OH is 1. The van der Waals surface area contributed by atoms with Crippen molar-refractivity contribution in [1.29, 1.82) is 0 Å². The lowest BCUT2D eigenvalue weighted by molar-refractivity contribution is -0.192. The predicted molar refractivity (Wildman–Crippen MR) is 127 cm³/mol. The van der Waals surface area contributed by atoms with E-state index in [0.717, 1.165) is 4.57 Å². The molecule has 2 aliphatic rings. The summed E-state index contributed by atoms with van der Waals surface area (Å²) in [6, 6.07) is 8.10. The molecule has 0 spiro atoms. The van der Waals surface area contributed by atoms with Gasteiger partial charge in [-0.2, -0.15) is 18.2 Å². The van der Waals surface area contributed by atoms with Gasteiger partial charge in [-0.05, 0) is 31.2 Å². The van der Waals surface area contributed by atoms with E-state index in [4.69, 9.17) is 45.5 Å². The molecule has 1 fully saturated rings. The Morgan fingerprint density at radius 1 is 1.38 bits per heavy atom. The summed E-state index contributed by atoms with van der Waals surface area (Å²) < 4.78 is 67.3. The van der Waals surface area contributed by atoms with Crippen LogP contribution in [0.3, 0.4) is 0 Å². The molecule has 3 heterocycles. The van der Waals surface area contributed by atoms with Gasteiger partial charge in [0, 0.05) is 16.8 Å². The lowest BCUT2D eigenvalue weighted by Crippen LogP contribution is -2.46. The molecule has 13 nitrogen and oxygen atoms in total. The Morgan fingerprint density at radius 3 is 2.64 bits per heavy atom. The highest BCUT2D eigenvalue weighted by molar-refractivity contribution is 7.48. The number of phosphoric acid groups is 1. The lowest BCUT2D eigenvalue weighted by atomic mass is 9.96. The van der Waals surface area contributed by atoms with Gasteiger partial charge in [0.25, 0.3) is 0 Å². The number of phosphoric ester groups is 1. The summed E-state index contributed by atoms with van der Waals surface area (Å²) in [7, 11) is -4.06.